The normalized spacial score (nSPS) is 19.5. The van der Waals surface area contributed by atoms with E-state index in [0.717, 1.165) is 83.5 Å². The Morgan fingerprint density at radius 1 is 0.467 bits per heavy atom. The fraction of sp³-hybridized carbons (Fsp3) is 0.773. The molecule has 1 fully saturated rings. The molecule has 0 bridgehead atoms. The molecule has 434 valence electrons. The second kappa shape index (κ2) is 54.7. The van der Waals surface area contributed by atoms with Gasteiger partial charge in [-0.3, -0.25) is 4.79 Å². The summed E-state index contributed by atoms with van der Waals surface area (Å²) in [5.74, 6) is -0.199. The number of aliphatic hydroxyl groups is 5. The van der Waals surface area contributed by atoms with Crippen LogP contribution in [0.25, 0.3) is 0 Å². The summed E-state index contributed by atoms with van der Waals surface area (Å²) in [6, 6.07) is -0.835. The number of hydrogen-bond donors (Lipinski definition) is 6. The minimum Gasteiger partial charge on any atom is -0.394 e. The molecule has 1 heterocycles. The first-order chi connectivity index (χ1) is 36.8. The zero-order valence-electron chi connectivity index (χ0n) is 48.3. The van der Waals surface area contributed by atoms with E-state index in [9.17, 15) is 30.3 Å². The summed E-state index contributed by atoms with van der Waals surface area (Å²) in [6.07, 6.45) is 70.9. The number of carbonyl (C=O) groups excluding carboxylic acids is 1. The minimum absolute atomic E-state index is 0.199. The van der Waals surface area contributed by atoms with Crippen molar-refractivity contribution in [3.05, 3.63) is 85.1 Å². The van der Waals surface area contributed by atoms with Crippen molar-refractivity contribution >= 4 is 5.91 Å². The quantitative estimate of drug-likeness (QED) is 0.0261. The number of allylic oxidation sites excluding steroid dienone is 13. The van der Waals surface area contributed by atoms with Gasteiger partial charge in [0.2, 0.25) is 5.91 Å². The SMILES string of the molecule is CC/C=C\C/C=C\C/C=C\C/C=C\C/C=C\CCCCCCCCCC(=O)NC(COC1OC(CO)C(O)C(O)C1O)C(O)/C=C/CC/C=C/CCCCCCCCCCCCCCCCCCCCCCCCC. The molecule has 0 spiro atoms. The zero-order valence-corrected chi connectivity index (χ0v) is 48.3. The molecule has 1 rings (SSSR count). The van der Waals surface area contributed by atoms with Crippen LogP contribution in [0.1, 0.15) is 271 Å². The van der Waals surface area contributed by atoms with Gasteiger partial charge in [-0.1, -0.05) is 272 Å². The van der Waals surface area contributed by atoms with Crippen LogP contribution in [0, 0.1) is 0 Å². The van der Waals surface area contributed by atoms with Crippen LogP contribution in [-0.4, -0.2) is 87.5 Å². The largest absolute Gasteiger partial charge is 0.394 e. The number of carbonyl (C=O) groups is 1. The maximum absolute atomic E-state index is 13.1. The third kappa shape index (κ3) is 44.0. The topological polar surface area (TPSA) is 149 Å². The maximum Gasteiger partial charge on any atom is 0.220 e. The van der Waals surface area contributed by atoms with Crippen molar-refractivity contribution < 1.29 is 39.8 Å². The van der Waals surface area contributed by atoms with E-state index < -0.39 is 49.5 Å². The summed E-state index contributed by atoms with van der Waals surface area (Å²) in [5.41, 5.74) is 0. The highest BCUT2D eigenvalue weighted by atomic mass is 16.7. The van der Waals surface area contributed by atoms with Crippen LogP contribution < -0.4 is 5.32 Å². The Hall–Kier alpha value is -2.63. The fourth-order valence-corrected chi connectivity index (χ4v) is 9.55. The second-order valence-corrected chi connectivity index (χ2v) is 21.5. The molecule has 0 aliphatic carbocycles. The number of rotatable bonds is 53. The van der Waals surface area contributed by atoms with Gasteiger partial charge in [0.25, 0.3) is 0 Å². The number of ether oxygens (including phenoxy) is 2. The van der Waals surface area contributed by atoms with Gasteiger partial charge >= 0.3 is 0 Å². The number of amides is 1. The molecule has 9 nitrogen and oxygen atoms in total. The summed E-state index contributed by atoms with van der Waals surface area (Å²) in [6.45, 7) is 3.66. The van der Waals surface area contributed by atoms with Gasteiger partial charge in [-0.2, -0.15) is 0 Å². The summed E-state index contributed by atoms with van der Waals surface area (Å²) < 4.78 is 11.3. The third-order valence-corrected chi connectivity index (χ3v) is 14.5. The summed E-state index contributed by atoms with van der Waals surface area (Å²) in [7, 11) is 0. The predicted molar refractivity (Wildman–Crippen MR) is 318 cm³/mol. The number of unbranched alkanes of at least 4 members (excludes halogenated alkanes) is 31. The lowest BCUT2D eigenvalue weighted by molar-refractivity contribution is -0.302. The molecule has 1 amide bonds. The minimum atomic E-state index is -1.58. The molecule has 0 aromatic heterocycles. The van der Waals surface area contributed by atoms with Crippen LogP contribution in [0.3, 0.4) is 0 Å². The van der Waals surface area contributed by atoms with Gasteiger partial charge in [-0.25, -0.2) is 0 Å². The van der Waals surface area contributed by atoms with Crippen LogP contribution in [0.4, 0.5) is 0 Å². The van der Waals surface area contributed by atoms with Gasteiger partial charge in [0.05, 0.1) is 25.4 Å². The lowest BCUT2D eigenvalue weighted by Crippen LogP contribution is -2.60. The van der Waals surface area contributed by atoms with Gasteiger partial charge in [0.15, 0.2) is 6.29 Å². The van der Waals surface area contributed by atoms with Crippen molar-refractivity contribution in [1.29, 1.82) is 0 Å². The molecule has 1 aliphatic heterocycles. The molecular weight excluding hydrogens is 935 g/mol. The van der Waals surface area contributed by atoms with Crippen molar-refractivity contribution in [2.45, 2.75) is 314 Å². The highest BCUT2D eigenvalue weighted by Gasteiger charge is 2.44. The second-order valence-electron chi connectivity index (χ2n) is 21.5. The molecule has 6 N–H and O–H groups in total. The Labute approximate surface area is 461 Å². The first kappa shape index (κ1) is 70.4. The summed E-state index contributed by atoms with van der Waals surface area (Å²) in [5, 5.41) is 54.6. The highest BCUT2D eigenvalue weighted by molar-refractivity contribution is 5.76. The number of hydrogen-bond acceptors (Lipinski definition) is 8. The zero-order chi connectivity index (χ0) is 54.3. The molecule has 9 heteroatoms. The van der Waals surface area contributed by atoms with Gasteiger partial charge in [0, 0.05) is 6.42 Å². The van der Waals surface area contributed by atoms with E-state index in [1.54, 1.807) is 6.08 Å². The Morgan fingerprint density at radius 2 is 0.840 bits per heavy atom. The number of aliphatic hydroxyl groups excluding tert-OH is 5. The van der Waals surface area contributed by atoms with Crippen molar-refractivity contribution in [1.82, 2.24) is 5.32 Å². The molecule has 0 saturated carbocycles. The molecule has 0 aromatic carbocycles. The predicted octanol–water partition coefficient (Wildman–Crippen LogP) is 16.2. The first-order valence-corrected chi connectivity index (χ1v) is 31.3. The van der Waals surface area contributed by atoms with Crippen LogP contribution in [-0.2, 0) is 14.3 Å². The molecule has 7 unspecified atom stereocenters. The molecule has 1 saturated heterocycles. The Balaban J connectivity index is 2.22. The standard InChI is InChI=1S/C66H117NO8/c1-3-5-7-9-11-13-15-17-19-21-23-25-27-28-29-30-31-32-34-35-37-39-41-43-45-47-49-51-53-55-60(69)59(58-74-66-65(73)64(72)63(71)61(57-68)75-66)67-62(70)56-54-52-50-48-46-44-42-40-38-36-33-26-24-22-20-18-16-14-12-10-8-6-4-2/h6,8,12,14,18,20,24,26,36,38,45,47,53,55,59-61,63-66,68-69,71-73H,3-5,7,9-11,13,15-17,19,21-23,25,27-35,37,39-44,46,48-52,54,56-58H2,1-2H3,(H,67,70)/b8-6-,14-12-,20-18-,26-24-,38-36-,47-45+,55-53+. The van der Waals surface area contributed by atoms with E-state index in [4.69, 9.17) is 9.47 Å². The molecule has 1 aliphatic rings. The van der Waals surface area contributed by atoms with Crippen molar-refractivity contribution in [2.24, 2.45) is 0 Å². The Morgan fingerprint density at radius 3 is 1.28 bits per heavy atom. The Bertz CT molecular complexity index is 1450. The first-order valence-electron chi connectivity index (χ1n) is 31.3. The number of nitrogens with one attached hydrogen (secondary N) is 1. The molecular formula is C66H117NO8. The van der Waals surface area contributed by atoms with Crippen molar-refractivity contribution in [3.63, 3.8) is 0 Å². The maximum atomic E-state index is 13.1. The van der Waals surface area contributed by atoms with Gasteiger partial charge < -0.3 is 40.3 Å². The van der Waals surface area contributed by atoms with Crippen LogP contribution in [0.15, 0.2) is 85.1 Å². The summed E-state index contributed by atoms with van der Waals surface area (Å²) >= 11 is 0. The van der Waals surface area contributed by atoms with Crippen LogP contribution >= 0.6 is 0 Å². The smallest absolute Gasteiger partial charge is 0.220 e. The molecule has 0 aromatic rings. The Kier molecular flexibility index (Phi) is 51.3. The summed E-state index contributed by atoms with van der Waals surface area (Å²) in [4.78, 5) is 13.1. The molecule has 75 heavy (non-hydrogen) atoms. The molecule has 7 atom stereocenters. The van der Waals surface area contributed by atoms with E-state index in [-0.39, 0.29) is 12.5 Å². The van der Waals surface area contributed by atoms with Crippen molar-refractivity contribution in [2.75, 3.05) is 13.2 Å². The van der Waals surface area contributed by atoms with Gasteiger partial charge in [-0.15, -0.1) is 0 Å². The van der Waals surface area contributed by atoms with Crippen molar-refractivity contribution in [3.8, 4) is 0 Å². The van der Waals surface area contributed by atoms with Crippen LogP contribution in [0.5, 0.6) is 0 Å². The van der Waals surface area contributed by atoms with E-state index in [2.05, 4.69) is 92.1 Å². The highest BCUT2D eigenvalue weighted by Crippen LogP contribution is 2.23. The van der Waals surface area contributed by atoms with Crippen LogP contribution in [0.2, 0.25) is 0 Å². The monoisotopic (exact) mass is 1050 g/mol. The average molecular weight is 1050 g/mol. The molecule has 0 radical (unpaired) electrons. The lowest BCUT2D eigenvalue weighted by atomic mass is 9.99. The van der Waals surface area contributed by atoms with E-state index in [0.29, 0.717) is 6.42 Å². The van der Waals surface area contributed by atoms with Gasteiger partial charge in [-0.05, 0) is 77.0 Å². The van der Waals surface area contributed by atoms with E-state index >= 15 is 0 Å². The average Bonchev–Trinajstić information content (AvgIpc) is 3.41. The van der Waals surface area contributed by atoms with E-state index in [1.165, 1.54) is 167 Å². The van der Waals surface area contributed by atoms with E-state index in [1.807, 2.05) is 6.08 Å². The lowest BCUT2D eigenvalue weighted by Gasteiger charge is -2.40. The third-order valence-electron chi connectivity index (χ3n) is 14.5. The van der Waals surface area contributed by atoms with Gasteiger partial charge in [0.1, 0.15) is 24.4 Å². The fourth-order valence-electron chi connectivity index (χ4n) is 9.55.